The van der Waals surface area contributed by atoms with Crippen molar-refractivity contribution < 1.29 is 0 Å². The van der Waals surface area contributed by atoms with E-state index in [1.54, 1.807) is 0 Å². The molecule has 1 heterocycles. The summed E-state index contributed by atoms with van der Waals surface area (Å²) in [5.41, 5.74) is 2.83. The highest BCUT2D eigenvalue weighted by Gasteiger charge is 2.17. The maximum Gasteiger partial charge on any atom is 0.0294 e. The van der Waals surface area contributed by atoms with Crippen LogP contribution in [0.4, 0.5) is 0 Å². The molecule has 1 atom stereocenters. The number of nitrogens with one attached hydrogen (secondary N) is 1. The largest absolute Gasteiger partial charge is 0.310 e. The highest BCUT2D eigenvalue weighted by molar-refractivity contribution is 5.28. The molecule has 0 bridgehead atoms. The van der Waals surface area contributed by atoms with Crippen molar-refractivity contribution >= 4 is 0 Å². The van der Waals surface area contributed by atoms with E-state index in [0.29, 0.717) is 6.04 Å². The second kappa shape index (κ2) is 6.35. The molecule has 0 radical (unpaired) electrons. The number of piperidine rings is 1. The Labute approximate surface area is 111 Å². The quantitative estimate of drug-likeness (QED) is 0.878. The third-order valence-electron chi connectivity index (χ3n) is 4.21. The molecular weight excluding hydrogens is 220 g/mol. The van der Waals surface area contributed by atoms with E-state index < -0.39 is 0 Å². The summed E-state index contributed by atoms with van der Waals surface area (Å²) in [4.78, 5) is 2.43. The second-order valence-corrected chi connectivity index (χ2v) is 5.73. The fraction of sp³-hybridized carbons (Fsp3) is 0.625. The van der Waals surface area contributed by atoms with Crippen LogP contribution in [0.15, 0.2) is 24.3 Å². The first-order valence-corrected chi connectivity index (χ1v) is 7.14. The standard InChI is InChI=1S/C16H26N2/c1-13-6-4-5-7-16(13)14(2)17-12-15-8-10-18(3)11-9-15/h4-7,14-15,17H,8-12H2,1-3H3/t14-/m1/s1. The van der Waals surface area contributed by atoms with E-state index in [0.717, 1.165) is 12.5 Å². The van der Waals surface area contributed by atoms with Gasteiger partial charge < -0.3 is 10.2 Å². The van der Waals surface area contributed by atoms with E-state index >= 15 is 0 Å². The zero-order chi connectivity index (χ0) is 13.0. The normalized spacial score (nSPS) is 19.9. The zero-order valence-electron chi connectivity index (χ0n) is 11.9. The lowest BCUT2D eigenvalue weighted by molar-refractivity contribution is 0.213. The van der Waals surface area contributed by atoms with Gasteiger partial charge in [-0.05, 0) is 70.4 Å². The number of hydrogen-bond donors (Lipinski definition) is 1. The lowest BCUT2D eigenvalue weighted by Crippen LogP contribution is -2.35. The minimum atomic E-state index is 0.464. The Bertz CT molecular complexity index is 367. The van der Waals surface area contributed by atoms with Crippen molar-refractivity contribution in [2.45, 2.75) is 32.7 Å². The monoisotopic (exact) mass is 246 g/mol. The summed E-state index contributed by atoms with van der Waals surface area (Å²) in [6, 6.07) is 9.15. The lowest BCUT2D eigenvalue weighted by atomic mass is 9.96. The van der Waals surface area contributed by atoms with Crippen molar-refractivity contribution in [2.24, 2.45) is 5.92 Å². The summed E-state index contributed by atoms with van der Waals surface area (Å²) in [6.45, 7) is 8.14. The van der Waals surface area contributed by atoms with Crippen LogP contribution in [0.2, 0.25) is 0 Å². The van der Waals surface area contributed by atoms with E-state index in [-0.39, 0.29) is 0 Å². The molecule has 0 unspecified atom stereocenters. The van der Waals surface area contributed by atoms with Gasteiger partial charge in [0.2, 0.25) is 0 Å². The summed E-state index contributed by atoms with van der Waals surface area (Å²) in [5, 5.41) is 3.71. The van der Waals surface area contributed by atoms with Gasteiger partial charge in [-0.15, -0.1) is 0 Å². The fourth-order valence-corrected chi connectivity index (χ4v) is 2.79. The molecule has 1 saturated heterocycles. The summed E-state index contributed by atoms with van der Waals surface area (Å²) in [5.74, 6) is 0.854. The van der Waals surface area contributed by atoms with Crippen LogP contribution in [0.1, 0.15) is 36.9 Å². The van der Waals surface area contributed by atoms with E-state index in [1.807, 2.05) is 0 Å². The second-order valence-electron chi connectivity index (χ2n) is 5.73. The molecule has 0 aliphatic carbocycles. The first-order chi connectivity index (χ1) is 8.66. The van der Waals surface area contributed by atoms with Crippen LogP contribution in [-0.4, -0.2) is 31.6 Å². The van der Waals surface area contributed by atoms with Crippen LogP contribution in [0.5, 0.6) is 0 Å². The number of benzene rings is 1. The Balaban J connectivity index is 1.81. The third kappa shape index (κ3) is 3.56. The number of rotatable bonds is 4. The molecule has 2 rings (SSSR count). The van der Waals surface area contributed by atoms with E-state index in [2.05, 4.69) is 55.4 Å². The molecule has 0 saturated carbocycles. The van der Waals surface area contributed by atoms with Crippen LogP contribution in [0.25, 0.3) is 0 Å². The number of likely N-dealkylation sites (tertiary alicyclic amines) is 1. The maximum atomic E-state index is 3.71. The molecule has 0 aromatic heterocycles. The molecule has 1 aromatic rings. The van der Waals surface area contributed by atoms with Gasteiger partial charge in [-0.25, -0.2) is 0 Å². The summed E-state index contributed by atoms with van der Waals surface area (Å²) in [6.07, 6.45) is 2.67. The fourth-order valence-electron chi connectivity index (χ4n) is 2.79. The van der Waals surface area contributed by atoms with Gasteiger partial charge in [0, 0.05) is 6.04 Å². The zero-order valence-corrected chi connectivity index (χ0v) is 11.9. The molecule has 1 aromatic carbocycles. The molecule has 1 aliphatic rings. The predicted molar refractivity (Wildman–Crippen MR) is 77.8 cm³/mol. The minimum absolute atomic E-state index is 0.464. The molecule has 18 heavy (non-hydrogen) atoms. The average molecular weight is 246 g/mol. The highest BCUT2D eigenvalue weighted by Crippen LogP contribution is 2.19. The SMILES string of the molecule is Cc1ccccc1[C@@H](C)NCC1CCN(C)CC1. The van der Waals surface area contributed by atoms with Gasteiger partial charge in [-0.3, -0.25) is 0 Å². The van der Waals surface area contributed by atoms with Gasteiger partial charge >= 0.3 is 0 Å². The topological polar surface area (TPSA) is 15.3 Å². The summed E-state index contributed by atoms with van der Waals surface area (Å²) < 4.78 is 0. The lowest BCUT2D eigenvalue weighted by Gasteiger charge is -2.30. The highest BCUT2D eigenvalue weighted by atomic mass is 15.1. The molecular formula is C16H26N2. The van der Waals surface area contributed by atoms with Crippen LogP contribution in [0.3, 0.4) is 0 Å². The average Bonchev–Trinajstić information content (AvgIpc) is 2.38. The van der Waals surface area contributed by atoms with Crippen LogP contribution < -0.4 is 5.32 Å². The van der Waals surface area contributed by atoms with Crippen LogP contribution >= 0.6 is 0 Å². The van der Waals surface area contributed by atoms with Gasteiger partial charge in [0.15, 0.2) is 0 Å². The van der Waals surface area contributed by atoms with Crippen molar-refractivity contribution in [1.29, 1.82) is 0 Å². The van der Waals surface area contributed by atoms with Gasteiger partial charge in [-0.1, -0.05) is 24.3 Å². The first kappa shape index (κ1) is 13.6. The first-order valence-electron chi connectivity index (χ1n) is 7.14. The van der Waals surface area contributed by atoms with E-state index in [1.165, 1.54) is 37.1 Å². The Morgan fingerprint density at radius 2 is 1.94 bits per heavy atom. The molecule has 1 fully saturated rings. The molecule has 2 heteroatoms. The summed E-state index contributed by atoms with van der Waals surface area (Å²) in [7, 11) is 2.22. The minimum Gasteiger partial charge on any atom is -0.310 e. The Kier molecular flexibility index (Phi) is 4.79. The Morgan fingerprint density at radius 3 is 2.61 bits per heavy atom. The molecule has 1 N–H and O–H groups in total. The molecule has 2 nitrogen and oxygen atoms in total. The van der Waals surface area contributed by atoms with Crippen molar-refractivity contribution in [2.75, 3.05) is 26.7 Å². The Hall–Kier alpha value is -0.860. The molecule has 0 spiro atoms. The van der Waals surface area contributed by atoms with Crippen molar-refractivity contribution in [3.63, 3.8) is 0 Å². The van der Waals surface area contributed by atoms with Gasteiger partial charge in [-0.2, -0.15) is 0 Å². The third-order valence-corrected chi connectivity index (χ3v) is 4.21. The molecule has 0 amide bonds. The van der Waals surface area contributed by atoms with Gasteiger partial charge in [0.1, 0.15) is 0 Å². The predicted octanol–water partition coefficient (Wildman–Crippen LogP) is 2.99. The van der Waals surface area contributed by atoms with Gasteiger partial charge in [0.25, 0.3) is 0 Å². The van der Waals surface area contributed by atoms with Crippen molar-refractivity contribution in [3.8, 4) is 0 Å². The number of aryl methyl sites for hydroxylation is 1. The van der Waals surface area contributed by atoms with E-state index in [9.17, 15) is 0 Å². The van der Waals surface area contributed by atoms with E-state index in [4.69, 9.17) is 0 Å². The van der Waals surface area contributed by atoms with Crippen LogP contribution in [0, 0.1) is 12.8 Å². The maximum absolute atomic E-state index is 3.71. The smallest absolute Gasteiger partial charge is 0.0294 e. The summed E-state index contributed by atoms with van der Waals surface area (Å²) >= 11 is 0. The number of hydrogen-bond acceptors (Lipinski definition) is 2. The van der Waals surface area contributed by atoms with Crippen molar-refractivity contribution in [1.82, 2.24) is 10.2 Å². The van der Waals surface area contributed by atoms with Crippen LogP contribution in [-0.2, 0) is 0 Å². The molecule has 1 aliphatic heterocycles. The Morgan fingerprint density at radius 1 is 1.28 bits per heavy atom. The van der Waals surface area contributed by atoms with Crippen molar-refractivity contribution in [3.05, 3.63) is 35.4 Å². The molecule has 100 valence electrons. The number of nitrogens with zero attached hydrogens (tertiary/aromatic N) is 1. The van der Waals surface area contributed by atoms with Gasteiger partial charge in [0.05, 0.1) is 0 Å².